The standard InChI is InChI=1S/C18H18BrNO4/c1-4-24-18(23)17-10(2)16(11(3)20-17)15(22)8-6-12-5-7-14(21)13(19)9-12/h5-9,20-21H,4H2,1-3H3/b8-6+. The lowest BCUT2D eigenvalue weighted by atomic mass is 10.0. The fourth-order valence-corrected chi connectivity index (χ4v) is 2.81. The predicted octanol–water partition coefficient (Wildman–Crippen LogP) is 4.17. The number of allylic oxidation sites excluding steroid dienone is 1. The van der Waals surface area contributed by atoms with Gasteiger partial charge in [0.05, 0.1) is 11.1 Å². The molecule has 0 amide bonds. The number of hydrogen-bond donors (Lipinski definition) is 2. The molecule has 6 heteroatoms. The molecular formula is C18H18BrNO4. The van der Waals surface area contributed by atoms with Gasteiger partial charge in [0.1, 0.15) is 11.4 Å². The van der Waals surface area contributed by atoms with Gasteiger partial charge in [-0.2, -0.15) is 0 Å². The van der Waals surface area contributed by atoms with Crippen molar-refractivity contribution in [3.8, 4) is 5.75 Å². The Balaban J connectivity index is 2.28. The minimum absolute atomic E-state index is 0.134. The van der Waals surface area contributed by atoms with Crippen LogP contribution in [0.25, 0.3) is 6.08 Å². The highest BCUT2D eigenvalue weighted by Crippen LogP contribution is 2.25. The summed E-state index contributed by atoms with van der Waals surface area (Å²) in [7, 11) is 0. The first kappa shape index (κ1) is 18.0. The molecule has 126 valence electrons. The molecule has 0 radical (unpaired) electrons. The van der Waals surface area contributed by atoms with Crippen molar-refractivity contribution in [3.63, 3.8) is 0 Å². The van der Waals surface area contributed by atoms with Crippen molar-refractivity contribution in [3.05, 3.63) is 56.8 Å². The van der Waals surface area contributed by atoms with Crippen molar-refractivity contribution in [2.45, 2.75) is 20.8 Å². The Morgan fingerprint density at radius 2 is 2.04 bits per heavy atom. The molecule has 0 aliphatic heterocycles. The minimum Gasteiger partial charge on any atom is -0.507 e. The van der Waals surface area contributed by atoms with E-state index in [1.165, 1.54) is 6.08 Å². The number of ketones is 1. The number of phenols is 1. The summed E-state index contributed by atoms with van der Waals surface area (Å²) in [6, 6.07) is 4.95. The second-order valence-electron chi connectivity index (χ2n) is 5.25. The number of rotatable bonds is 5. The van der Waals surface area contributed by atoms with Gasteiger partial charge in [-0.25, -0.2) is 4.79 Å². The molecule has 0 aliphatic rings. The third kappa shape index (κ3) is 3.76. The number of aromatic nitrogens is 1. The molecule has 2 N–H and O–H groups in total. The molecule has 1 aromatic heterocycles. The molecular weight excluding hydrogens is 374 g/mol. The lowest BCUT2D eigenvalue weighted by Crippen LogP contribution is -2.07. The first-order valence-corrected chi connectivity index (χ1v) is 8.21. The SMILES string of the molecule is CCOC(=O)c1[nH]c(C)c(C(=O)/C=C/c2ccc(O)c(Br)c2)c1C. The van der Waals surface area contributed by atoms with Crippen LogP contribution in [0, 0.1) is 13.8 Å². The van der Waals surface area contributed by atoms with Crippen LogP contribution < -0.4 is 0 Å². The molecule has 0 spiro atoms. The number of carbonyl (C=O) groups excluding carboxylic acids is 2. The van der Waals surface area contributed by atoms with Crippen molar-refractivity contribution in [2.75, 3.05) is 6.61 Å². The Morgan fingerprint density at radius 1 is 1.33 bits per heavy atom. The fourth-order valence-electron chi connectivity index (χ4n) is 2.41. The Kier molecular flexibility index (Phi) is 5.62. The van der Waals surface area contributed by atoms with Crippen LogP contribution in [0.5, 0.6) is 5.75 Å². The smallest absolute Gasteiger partial charge is 0.355 e. The van der Waals surface area contributed by atoms with Crippen LogP contribution >= 0.6 is 15.9 Å². The first-order chi connectivity index (χ1) is 11.3. The summed E-state index contributed by atoms with van der Waals surface area (Å²) < 4.78 is 5.53. The molecule has 1 aromatic carbocycles. The van der Waals surface area contributed by atoms with Gasteiger partial charge in [-0.3, -0.25) is 4.79 Å². The Bertz CT molecular complexity index is 821. The van der Waals surface area contributed by atoms with E-state index in [0.29, 0.717) is 27.0 Å². The van der Waals surface area contributed by atoms with E-state index in [-0.39, 0.29) is 18.1 Å². The topological polar surface area (TPSA) is 79.4 Å². The number of benzene rings is 1. The van der Waals surface area contributed by atoms with Gasteiger partial charge in [-0.15, -0.1) is 0 Å². The van der Waals surface area contributed by atoms with Crippen molar-refractivity contribution < 1.29 is 19.4 Å². The molecule has 2 aromatic rings. The first-order valence-electron chi connectivity index (χ1n) is 7.42. The summed E-state index contributed by atoms with van der Waals surface area (Å²) in [4.78, 5) is 27.3. The molecule has 0 saturated carbocycles. The lowest BCUT2D eigenvalue weighted by Gasteiger charge is -2.01. The lowest BCUT2D eigenvalue weighted by molar-refractivity contribution is 0.0519. The van der Waals surface area contributed by atoms with Gasteiger partial charge >= 0.3 is 5.97 Å². The number of halogens is 1. The van der Waals surface area contributed by atoms with Crippen molar-refractivity contribution in [1.82, 2.24) is 4.98 Å². The van der Waals surface area contributed by atoms with Gasteiger partial charge < -0.3 is 14.8 Å². The zero-order chi connectivity index (χ0) is 17.9. The quantitative estimate of drug-likeness (QED) is 0.455. The molecule has 24 heavy (non-hydrogen) atoms. The van der Waals surface area contributed by atoms with Gasteiger partial charge in [0, 0.05) is 11.3 Å². The maximum absolute atomic E-state index is 12.5. The predicted molar refractivity (Wildman–Crippen MR) is 95.4 cm³/mol. The number of nitrogens with one attached hydrogen (secondary N) is 1. The van der Waals surface area contributed by atoms with Crippen LogP contribution in [0.3, 0.4) is 0 Å². The summed E-state index contributed by atoms with van der Waals surface area (Å²) >= 11 is 3.23. The molecule has 0 aliphatic carbocycles. The van der Waals surface area contributed by atoms with E-state index >= 15 is 0 Å². The van der Waals surface area contributed by atoms with E-state index in [1.54, 1.807) is 45.0 Å². The highest BCUT2D eigenvalue weighted by molar-refractivity contribution is 9.10. The number of H-pyrrole nitrogens is 1. The summed E-state index contributed by atoms with van der Waals surface area (Å²) in [6.45, 7) is 5.46. The van der Waals surface area contributed by atoms with Gasteiger partial charge in [0.15, 0.2) is 5.78 Å². The van der Waals surface area contributed by atoms with Gasteiger partial charge in [0.2, 0.25) is 0 Å². The van der Waals surface area contributed by atoms with Crippen molar-refractivity contribution in [2.24, 2.45) is 0 Å². The van der Waals surface area contributed by atoms with E-state index in [0.717, 1.165) is 5.56 Å². The minimum atomic E-state index is -0.469. The average Bonchev–Trinajstić information content (AvgIpc) is 2.83. The molecule has 0 fully saturated rings. The normalized spacial score (nSPS) is 11.0. The highest BCUT2D eigenvalue weighted by atomic mass is 79.9. The zero-order valence-electron chi connectivity index (χ0n) is 13.6. The number of ether oxygens (including phenoxy) is 1. The Hall–Kier alpha value is -2.34. The fraction of sp³-hybridized carbons (Fsp3) is 0.222. The summed E-state index contributed by atoms with van der Waals surface area (Å²) in [5.74, 6) is -0.542. The largest absolute Gasteiger partial charge is 0.507 e. The van der Waals surface area contributed by atoms with Crippen LogP contribution in [-0.4, -0.2) is 28.4 Å². The number of esters is 1. The summed E-state index contributed by atoms with van der Waals surface area (Å²) in [5.41, 5.74) is 2.74. The van der Waals surface area contributed by atoms with E-state index < -0.39 is 5.97 Å². The third-order valence-corrected chi connectivity index (χ3v) is 4.20. The van der Waals surface area contributed by atoms with Gasteiger partial charge in [-0.05, 0) is 66.0 Å². The molecule has 1 heterocycles. The van der Waals surface area contributed by atoms with E-state index in [9.17, 15) is 14.7 Å². The second kappa shape index (κ2) is 7.49. The van der Waals surface area contributed by atoms with Crippen molar-refractivity contribution >= 4 is 33.8 Å². The zero-order valence-corrected chi connectivity index (χ0v) is 15.2. The van der Waals surface area contributed by atoms with E-state index in [2.05, 4.69) is 20.9 Å². The van der Waals surface area contributed by atoms with E-state index in [4.69, 9.17) is 4.74 Å². The monoisotopic (exact) mass is 391 g/mol. The number of aryl methyl sites for hydroxylation is 1. The van der Waals surface area contributed by atoms with Crippen LogP contribution in [0.1, 0.15) is 44.6 Å². The number of carbonyl (C=O) groups is 2. The Labute approximate surface area is 148 Å². The number of aromatic hydroxyl groups is 1. The summed E-state index contributed by atoms with van der Waals surface area (Å²) in [5, 5.41) is 9.48. The molecule has 5 nitrogen and oxygen atoms in total. The molecule has 0 atom stereocenters. The van der Waals surface area contributed by atoms with Crippen LogP contribution in [-0.2, 0) is 4.74 Å². The highest BCUT2D eigenvalue weighted by Gasteiger charge is 2.21. The maximum Gasteiger partial charge on any atom is 0.355 e. The number of aromatic amines is 1. The average molecular weight is 392 g/mol. The van der Waals surface area contributed by atoms with Gasteiger partial charge in [0.25, 0.3) is 0 Å². The Morgan fingerprint density at radius 3 is 2.67 bits per heavy atom. The molecule has 0 bridgehead atoms. The number of phenolic OH excluding ortho intramolecular Hbond substituents is 1. The second-order valence-corrected chi connectivity index (χ2v) is 6.11. The molecule has 2 rings (SSSR count). The van der Waals surface area contributed by atoms with Crippen molar-refractivity contribution in [1.29, 1.82) is 0 Å². The van der Waals surface area contributed by atoms with Gasteiger partial charge in [-0.1, -0.05) is 12.1 Å². The molecule has 0 unspecified atom stereocenters. The number of hydrogen-bond acceptors (Lipinski definition) is 4. The third-order valence-electron chi connectivity index (χ3n) is 3.56. The molecule has 0 saturated heterocycles. The summed E-state index contributed by atoms with van der Waals surface area (Å²) in [6.07, 6.45) is 3.10. The van der Waals surface area contributed by atoms with Crippen LogP contribution in [0.15, 0.2) is 28.7 Å². The maximum atomic E-state index is 12.5. The van der Waals surface area contributed by atoms with Crippen LogP contribution in [0.4, 0.5) is 0 Å². The van der Waals surface area contributed by atoms with E-state index in [1.807, 2.05) is 0 Å². The van der Waals surface area contributed by atoms with Crippen LogP contribution in [0.2, 0.25) is 0 Å².